The normalized spacial score (nSPS) is 11.3. The molecule has 0 bridgehead atoms. The van der Waals surface area contributed by atoms with Crippen LogP contribution in [-0.4, -0.2) is 18.1 Å². The van der Waals surface area contributed by atoms with Gasteiger partial charge in [-0.05, 0) is 27.2 Å². The van der Waals surface area contributed by atoms with Gasteiger partial charge in [0.2, 0.25) is 0 Å². The third-order valence-electron chi connectivity index (χ3n) is 1.12. The molecule has 0 heterocycles. The minimum absolute atomic E-state index is 0.169. The van der Waals surface area contributed by atoms with E-state index in [1.54, 1.807) is 0 Å². The fraction of sp³-hybridized carbons (Fsp3) is 0.875. The molecule has 0 saturated carbocycles. The molecule has 0 aromatic heterocycles. The number of hydrogen-bond donors (Lipinski definition) is 2. The molecule has 0 aromatic rings. The molecule has 0 saturated heterocycles. The van der Waals surface area contributed by atoms with Crippen molar-refractivity contribution in [1.29, 1.82) is 0 Å². The van der Waals surface area contributed by atoms with Crippen LogP contribution in [0.25, 0.3) is 0 Å². The molecule has 0 unspecified atom stereocenters. The molecule has 72 valence electrons. The predicted octanol–water partition coefficient (Wildman–Crippen LogP) is 0.572. The molecule has 0 atom stereocenters. The van der Waals surface area contributed by atoms with E-state index in [9.17, 15) is 4.79 Å². The second-order valence-corrected chi connectivity index (χ2v) is 3.64. The standard InChI is InChI=1S/C8H18N2O2/c1-8(2,3)12-7(11)5-4-6-10-9/h10H,4-6,9H2,1-3H3. The summed E-state index contributed by atoms with van der Waals surface area (Å²) in [4.78, 5) is 11.0. The molecule has 0 aliphatic carbocycles. The van der Waals surface area contributed by atoms with Crippen molar-refractivity contribution >= 4 is 5.97 Å². The second-order valence-electron chi connectivity index (χ2n) is 3.64. The van der Waals surface area contributed by atoms with E-state index >= 15 is 0 Å². The van der Waals surface area contributed by atoms with Gasteiger partial charge in [0.25, 0.3) is 0 Å². The Kier molecular flexibility index (Phi) is 4.85. The predicted molar refractivity (Wildman–Crippen MR) is 47.3 cm³/mol. The van der Waals surface area contributed by atoms with E-state index in [0.29, 0.717) is 19.4 Å². The third-order valence-corrected chi connectivity index (χ3v) is 1.12. The van der Waals surface area contributed by atoms with Gasteiger partial charge in [-0.15, -0.1) is 0 Å². The maximum absolute atomic E-state index is 11.0. The largest absolute Gasteiger partial charge is 0.460 e. The number of nitrogens with one attached hydrogen (secondary N) is 1. The van der Waals surface area contributed by atoms with Crippen molar-refractivity contribution < 1.29 is 9.53 Å². The summed E-state index contributed by atoms with van der Waals surface area (Å²) in [5, 5.41) is 0. The van der Waals surface area contributed by atoms with Crippen molar-refractivity contribution in [2.75, 3.05) is 6.54 Å². The highest BCUT2D eigenvalue weighted by Crippen LogP contribution is 2.08. The summed E-state index contributed by atoms with van der Waals surface area (Å²) in [7, 11) is 0. The van der Waals surface area contributed by atoms with Gasteiger partial charge < -0.3 is 4.74 Å². The number of nitrogens with two attached hydrogens (primary N) is 1. The Bertz CT molecular complexity index is 140. The van der Waals surface area contributed by atoms with E-state index < -0.39 is 0 Å². The fourth-order valence-corrected chi connectivity index (χ4v) is 0.727. The van der Waals surface area contributed by atoms with Gasteiger partial charge in [-0.1, -0.05) is 0 Å². The zero-order valence-electron chi connectivity index (χ0n) is 8.02. The first-order chi connectivity index (χ1) is 5.45. The molecule has 0 aliphatic heterocycles. The summed E-state index contributed by atoms with van der Waals surface area (Å²) in [6, 6.07) is 0. The van der Waals surface area contributed by atoms with Crippen LogP contribution >= 0.6 is 0 Å². The average Bonchev–Trinajstić information content (AvgIpc) is 1.84. The lowest BCUT2D eigenvalue weighted by atomic mass is 10.2. The molecular formula is C8H18N2O2. The molecule has 0 amide bonds. The van der Waals surface area contributed by atoms with Crippen molar-refractivity contribution in [3.05, 3.63) is 0 Å². The highest BCUT2D eigenvalue weighted by molar-refractivity contribution is 5.69. The van der Waals surface area contributed by atoms with E-state index in [-0.39, 0.29) is 11.6 Å². The lowest BCUT2D eigenvalue weighted by molar-refractivity contribution is -0.154. The molecule has 0 spiro atoms. The summed E-state index contributed by atoms with van der Waals surface area (Å²) in [5.41, 5.74) is 2.10. The minimum atomic E-state index is -0.382. The summed E-state index contributed by atoms with van der Waals surface area (Å²) in [6.07, 6.45) is 1.13. The molecule has 4 nitrogen and oxygen atoms in total. The summed E-state index contributed by atoms with van der Waals surface area (Å²) >= 11 is 0. The van der Waals surface area contributed by atoms with Crippen molar-refractivity contribution in [3.63, 3.8) is 0 Å². The van der Waals surface area contributed by atoms with Crippen molar-refractivity contribution in [3.8, 4) is 0 Å². The van der Waals surface area contributed by atoms with Crippen LogP contribution in [-0.2, 0) is 9.53 Å². The van der Waals surface area contributed by atoms with E-state index in [1.165, 1.54) is 0 Å². The molecule has 3 N–H and O–H groups in total. The first-order valence-electron chi connectivity index (χ1n) is 4.11. The van der Waals surface area contributed by atoms with Gasteiger partial charge in [0.1, 0.15) is 5.60 Å². The maximum atomic E-state index is 11.0. The van der Waals surface area contributed by atoms with Crippen LogP contribution < -0.4 is 11.3 Å². The maximum Gasteiger partial charge on any atom is 0.306 e. The number of rotatable bonds is 4. The Hall–Kier alpha value is -0.610. The monoisotopic (exact) mass is 174 g/mol. The Balaban J connectivity index is 3.47. The Morgan fingerprint density at radius 2 is 2.08 bits per heavy atom. The van der Waals surface area contributed by atoms with Crippen LogP contribution in [0.5, 0.6) is 0 Å². The summed E-state index contributed by atoms with van der Waals surface area (Å²) < 4.78 is 5.08. The number of hydrazine groups is 1. The molecular weight excluding hydrogens is 156 g/mol. The van der Waals surface area contributed by atoms with Crippen LogP contribution in [0.2, 0.25) is 0 Å². The first-order valence-corrected chi connectivity index (χ1v) is 4.11. The topological polar surface area (TPSA) is 64.3 Å². The SMILES string of the molecule is CC(C)(C)OC(=O)CCCNN. The lowest BCUT2D eigenvalue weighted by Crippen LogP contribution is -2.26. The van der Waals surface area contributed by atoms with Gasteiger partial charge in [-0.2, -0.15) is 0 Å². The number of carbonyl (C=O) groups is 1. The molecule has 0 aliphatic rings. The van der Waals surface area contributed by atoms with Crippen molar-refractivity contribution in [1.82, 2.24) is 5.43 Å². The van der Waals surface area contributed by atoms with Gasteiger partial charge in [0.05, 0.1) is 0 Å². The molecule has 4 heteroatoms. The van der Waals surface area contributed by atoms with Gasteiger partial charge in [-0.3, -0.25) is 16.1 Å². The van der Waals surface area contributed by atoms with E-state index in [1.807, 2.05) is 20.8 Å². The van der Waals surface area contributed by atoms with Crippen LogP contribution in [0.1, 0.15) is 33.6 Å². The smallest absolute Gasteiger partial charge is 0.306 e. The molecule has 0 fully saturated rings. The zero-order chi connectivity index (χ0) is 9.61. The quantitative estimate of drug-likeness (QED) is 0.283. The van der Waals surface area contributed by atoms with Crippen LogP contribution in [0.15, 0.2) is 0 Å². The zero-order valence-corrected chi connectivity index (χ0v) is 8.02. The molecule has 0 aromatic carbocycles. The number of hydrogen-bond acceptors (Lipinski definition) is 4. The van der Waals surface area contributed by atoms with Crippen LogP contribution in [0.4, 0.5) is 0 Å². The minimum Gasteiger partial charge on any atom is -0.460 e. The van der Waals surface area contributed by atoms with Crippen LogP contribution in [0, 0.1) is 0 Å². The summed E-state index contributed by atoms with van der Waals surface area (Å²) in [5.74, 6) is 4.87. The fourth-order valence-electron chi connectivity index (χ4n) is 0.727. The first kappa shape index (κ1) is 11.4. The van der Waals surface area contributed by atoms with E-state index in [2.05, 4.69) is 5.43 Å². The van der Waals surface area contributed by atoms with Crippen molar-refractivity contribution in [2.24, 2.45) is 5.84 Å². The molecule has 0 rings (SSSR count). The number of esters is 1. The highest BCUT2D eigenvalue weighted by atomic mass is 16.6. The summed E-state index contributed by atoms with van der Waals surface area (Å²) in [6.45, 7) is 6.20. The van der Waals surface area contributed by atoms with E-state index in [4.69, 9.17) is 10.6 Å². The number of ether oxygens (including phenoxy) is 1. The Morgan fingerprint density at radius 3 is 2.50 bits per heavy atom. The van der Waals surface area contributed by atoms with Gasteiger partial charge in [0, 0.05) is 13.0 Å². The molecule has 0 radical (unpaired) electrons. The second kappa shape index (κ2) is 5.11. The number of carbonyl (C=O) groups excluding carboxylic acids is 1. The van der Waals surface area contributed by atoms with E-state index in [0.717, 1.165) is 0 Å². The van der Waals surface area contributed by atoms with Crippen molar-refractivity contribution in [2.45, 2.75) is 39.2 Å². The van der Waals surface area contributed by atoms with Gasteiger partial charge in [0.15, 0.2) is 0 Å². The van der Waals surface area contributed by atoms with Gasteiger partial charge >= 0.3 is 5.97 Å². The highest BCUT2D eigenvalue weighted by Gasteiger charge is 2.15. The Morgan fingerprint density at radius 1 is 1.50 bits per heavy atom. The third kappa shape index (κ3) is 7.50. The molecule has 12 heavy (non-hydrogen) atoms. The Labute approximate surface area is 73.4 Å². The van der Waals surface area contributed by atoms with Gasteiger partial charge in [-0.25, -0.2) is 0 Å². The lowest BCUT2D eigenvalue weighted by Gasteiger charge is -2.19. The average molecular weight is 174 g/mol. The van der Waals surface area contributed by atoms with Crippen LogP contribution in [0.3, 0.4) is 0 Å².